The molecule has 1 aromatic carbocycles. The summed E-state index contributed by atoms with van der Waals surface area (Å²) >= 11 is 3.54. The third-order valence-electron chi connectivity index (χ3n) is 3.20. The lowest BCUT2D eigenvalue weighted by molar-refractivity contribution is 0.488. The molecule has 1 fully saturated rings. The van der Waals surface area contributed by atoms with Crippen LogP contribution in [-0.2, 0) is 0 Å². The first-order chi connectivity index (χ1) is 7.84. The van der Waals surface area contributed by atoms with E-state index in [0.29, 0.717) is 6.04 Å². The molecule has 3 rings (SSSR count). The molecule has 3 nitrogen and oxygen atoms in total. The van der Waals surface area contributed by atoms with Gasteiger partial charge < -0.3 is 10.2 Å². The molecule has 4 heteroatoms. The van der Waals surface area contributed by atoms with Crippen molar-refractivity contribution in [3.8, 4) is 0 Å². The molecule has 16 heavy (non-hydrogen) atoms. The topological polar surface area (TPSA) is 27.6 Å². The maximum Gasteiger partial charge on any atom is 0.0860 e. The number of anilines is 1. The average molecular weight is 280 g/mol. The van der Waals surface area contributed by atoms with Gasteiger partial charge in [-0.05, 0) is 18.2 Å². The summed E-state index contributed by atoms with van der Waals surface area (Å²) in [5.41, 5.74) is 2.35. The van der Waals surface area contributed by atoms with Crippen molar-refractivity contribution in [3.63, 3.8) is 0 Å². The van der Waals surface area contributed by atoms with Crippen LogP contribution in [0.25, 0.3) is 0 Å². The van der Waals surface area contributed by atoms with Crippen molar-refractivity contribution in [2.75, 3.05) is 24.5 Å². The number of hydrogen-bond acceptors (Lipinski definition) is 3. The van der Waals surface area contributed by atoms with Crippen LogP contribution < -0.4 is 10.2 Å². The van der Waals surface area contributed by atoms with E-state index < -0.39 is 0 Å². The lowest BCUT2D eigenvalue weighted by Crippen LogP contribution is -2.51. The highest BCUT2D eigenvalue weighted by molar-refractivity contribution is 9.10. The van der Waals surface area contributed by atoms with Crippen molar-refractivity contribution < 1.29 is 0 Å². The van der Waals surface area contributed by atoms with E-state index in [2.05, 4.69) is 49.3 Å². The summed E-state index contributed by atoms with van der Waals surface area (Å²) in [6.07, 6.45) is 3.07. The van der Waals surface area contributed by atoms with Crippen LogP contribution in [0.15, 0.2) is 27.7 Å². The van der Waals surface area contributed by atoms with Crippen molar-refractivity contribution in [2.45, 2.75) is 12.5 Å². The second kappa shape index (κ2) is 4.18. The Balaban J connectivity index is 2.06. The number of nitrogens with zero attached hydrogens (tertiary/aromatic N) is 2. The maximum absolute atomic E-state index is 4.54. The Hall–Kier alpha value is -0.870. The third kappa shape index (κ3) is 1.76. The molecule has 1 aromatic rings. The quantitative estimate of drug-likeness (QED) is 0.790. The Morgan fingerprint density at radius 1 is 1.44 bits per heavy atom. The summed E-state index contributed by atoms with van der Waals surface area (Å²) < 4.78 is 1.13. The van der Waals surface area contributed by atoms with E-state index in [1.165, 1.54) is 5.69 Å². The lowest BCUT2D eigenvalue weighted by Gasteiger charge is -2.37. The molecule has 84 valence electrons. The van der Waals surface area contributed by atoms with Crippen molar-refractivity contribution >= 4 is 33.5 Å². The van der Waals surface area contributed by atoms with Crippen LogP contribution in [0.5, 0.6) is 0 Å². The molecule has 2 aliphatic rings. The lowest BCUT2D eigenvalue weighted by atomic mass is 10.1. The molecule has 1 saturated heterocycles. The Morgan fingerprint density at radius 3 is 3.31 bits per heavy atom. The van der Waals surface area contributed by atoms with Gasteiger partial charge in [-0.25, -0.2) is 0 Å². The molecular weight excluding hydrogens is 266 g/mol. The molecule has 0 aromatic heterocycles. The van der Waals surface area contributed by atoms with Crippen molar-refractivity contribution in [1.82, 2.24) is 5.32 Å². The number of aliphatic imine (C=N–C) groups is 1. The van der Waals surface area contributed by atoms with E-state index in [4.69, 9.17) is 0 Å². The zero-order valence-electron chi connectivity index (χ0n) is 8.99. The van der Waals surface area contributed by atoms with Gasteiger partial charge in [-0.2, -0.15) is 0 Å². The van der Waals surface area contributed by atoms with Crippen molar-refractivity contribution in [3.05, 3.63) is 22.7 Å². The SMILES string of the molecule is Brc1ccc2c(c1)N1CCNCC1CC=N2. The van der Waals surface area contributed by atoms with Gasteiger partial charge in [0.05, 0.1) is 11.4 Å². The van der Waals surface area contributed by atoms with Crippen LogP contribution in [0.1, 0.15) is 6.42 Å². The summed E-state index contributed by atoms with van der Waals surface area (Å²) in [4.78, 5) is 7.01. The van der Waals surface area contributed by atoms with E-state index in [1.54, 1.807) is 0 Å². The van der Waals surface area contributed by atoms with E-state index >= 15 is 0 Å². The first-order valence-electron chi connectivity index (χ1n) is 5.64. The minimum atomic E-state index is 0.549. The van der Waals surface area contributed by atoms with Crippen LogP contribution in [0, 0.1) is 0 Å². The monoisotopic (exact) mass is 279 g/mol. The molecule has 0 spiro atoms. The molecular formula is C12H14BrN3. The highest BCUT2D eigenvalue weighted by Crippen LogP contribution is 2.35. The molecule has 1 unspecified atom stereocenters. The summed E-state index contributed by atoms with van der Waals surface area (Å²) in [6, 6.07) is 6.86. The van der Waals surface area contributed by atoms with E-state index in [0.717, 1.165) is 36.2 Å². The predicted molar refractivity (Wildman–Crippen MR) is 70.9 cm³/mol. The van der Waals surface area contributed by atoms with Crippen LogP contribution in [-0.4, -0.2) is 31.9 Å². The molecule has 2 aliphatic heterocycles. The first kappa shape index (κ1) is 10.3. The highest BCUT2D eigenvalue weighted by Gasteiger charge is 2.25. The zero-order chi connectivity index (χ0) is 11.0. The van der Waals surface area contributed by atoms with Crippen molar-refractivity contribution in [2.24, 2.45) is 4.99 Å². The number of fused-ring (bicyclic) bond motifs is 3. The highest BCUT2D eigenvalue weighted by atomic mass is 79.9. The first-order valence-corrected chi connectivity index (χ1v) is 6.43. The normalized spacial score (nSPS) is 23.6. The van der Waals surface area contributed by atoms with Gasteiger partial charge in [-0.15, -0.1) is 0 Å². The van der Waals surface area contributed by atoms with E-state index in [1.807, 2.05) is 6.21 Å². The predicted octanol–water partition coefficient (Wildman–Crippen LogP) is 2.33. The zero-order valence-corrected chi connectivity index (χ0v) is 10.6. The second-order valence-electron chi connectivity index (χ2n) is 4.23. The fourth-order valence-corrected chi connectivity index (χ4v) is 2.75. The van der Waals surface area contributed by atoms with Gasteiger partial charge in [0, 0.05) is 42.8 Å². The molecule has 0 aliphatic carbocycles. The average Bonchev–Trinajstić information content (AvgIpc) is 2.48. The number of benzene rings is 1. The van der Waals surface area contributed by atoms with Gasteiger partial charge >= 0.3 is 0 Å². The molecule has 2 heterocycles. The number of halogens is 1. The van der Waals surface area contributed by atoms with E-state index in [-0.39, 0.29) is 0 Å². The molecule has 0 amide bonds. The van der Waals surface area contributed by atoms with Gasteiger partial charge in [0.25, 0.3) is 0 Å². The minimum absolute atomic E-state index is 0.549. The standard InChI is InChI=1S/C12H14BrN3/c13-9-1-2-11-12(7-9)16-6-5-14-8-10(16)3-4-15-11/h1-2,4,7,10,14H,3,5-6,8H2. The smallest absolute Gasteiger partial charge is 0.0860 e. The number of hydrogen-bond donors (Lipinski definition) is 1. The number of nitrogens with one attached hydrogen (secondary N) is 1. The van der Waals surface area contributed by atoms with E-state index in [9.17, 15) is 0 Å². The molecule has 1 atom stereocenters. The molecule has 0 bridgehead atoms. The third-order valence-corrected chi connectivity index (χ3v) is 3.70. The van der Waals surface area contributed by atoms with Crippen LogP contribution >= 0.6 is 15.9 Å². The molecule has 0 radical (unpaired) electrons. The Kier molecular flexibility index (Phi) is 2.69. The van der Waals surface area contributed by atoms with Gasteiger partial charge in [0.2, 0.25) is 0 Å². The van der Waals surface area contributed by atoms with Gasteiger partial charge in [0.15, 0.2) is 0 Å². The van der Waals surface area contributed by atoms with Gasteiger partial charge in [0.1, 0.15) is 0 Å². The second-order valence-corrected chi connectivity index (χ2v) is 5.15. The number of rotatable bonds is 0. The minimum Gasteiger partial charge on any atom is -0.364 e. The van der Waals surface area contributed by atoms with Gasteiger partial charge in [-0.1, -0.05) is 15.9 Å². The summed E-state index contributed by atoms with van der Waals surface area (Å²) in [5, 5.41) is 3.44. The molecule has 0 saturated carbocycles. The summed E-state index contributed by atoms with van der Waals surface area (Å²) in [7, 11) is 0. The summed E-state index contributed by atoms with van der Waals surface area (Å²) in [5.74, 6) is 0. The molecule has 1 N–H and O–H groups in total. The Bertz CT molecular complexity index is 430. The van der Waals surface area contributed by atoms with Crippen LogP contribution in [0.2, 0.25) is 0 Å². The maximum atomic E-state index is 4.54. The largest absolute Gasteiger partial charge is 0.364 e. The van der Waals surface area contributed by atoms with Crippen molar-refractivity contribution in [1.29, 1.82) is 0 Å². The number of piperazine rings is 1. The Morgan fingerprint density at radius 2 is 2.38 bits per heavy atom. The van der Waals surface area contributed by atoms with Crippen LogP contribution in [0.4, 0.5) is 11.4 Å². The fourth-order valence-electron chi connectivity index (χ4n) is 2.40. The van der Waals surface area contributed by atoms with Crippen LogP contribution in [0.3, 0.4) is 0 Å². The Labute approximate surface area is 104 Å². The van der Waals surface area contributed by atoms with Gasteiger partial charge in [-0.3, -0.25) is 4.99 Å². The fraction of sp³-hybridized carbons (Fsp3) is 0.417. The summed E-state index contributed by atoms with van der Waals surface area (Å²) in [6.45, 7) is 3.18.